The van der Waals surface area contributed by atoms with Gasteiger partial charge in [0.15, 0.2) is 0 Å². The van der Waals surface area contributed by atoms with Crippen LogP contribution in [0.4, 0.5) is 0 Å². The molecule has 102 valence electrons. The number of Topliss-reactive ketones (excluding diaryl/α,β-unsaturated/α-hetero) is 1. The van der Waals surface area contributed by atoms with Crippen molar-refractivity contribution in [3.05, 3.63) is 25.3 Å². The molecule has 3 heteroatoms. The molecule has 18 heavy (non-hydrogen) atoms. The molecule has 0 saturated heterocycles. The highest BCUT2D eigenvalue weighted by molar-refractivity contribution is 6.34. The van der Waals surface area contributed by atoms with E-state index in [0.717, 1.165) is 12.8 Å². The van der Waals surface area contributed by atoms with E-state index in [1.165, 1.54) is 0 Å². The Bertz CT molecular complexity index is 305. The summed E-state index contributed by atoms with van der Waals surface area (Å²) in [6.07, 6.45) is 5.39. The number of ketones is 1. The molecule has 0 aromatic carbocycles. The van der Waals surface area contributed by atoms with Crippen molar-refractivity contribution in [3.63, 3.8) is 0 Å². The minimum absolute atomic E-state index is 0.000197. The maximum atomic E-state index is 12.1. The zero-order valence-electron chi connectivity index (χ0n) is 11.6. The molecule has 0 aliphatic carbocycles. The number of ether oxygens (including phenoxy) is 1. The molecule has 2 atom stereocenters. The zero-order chi connectivity index (χ0) is 14.1. The molecule has 0 aromatic heterocycles. The molecule has 0 heterocycles. The van der Waals surface area contributed by atoms with Crippen LogP contribution in [0.25, 0.3) is 0 Å². The van der Waals surface area contributed by atoms with Crippen LogP contribution in [0.3, 0.4) is 0 Å². The van der Waals surface area contributed by atoms with Gasteiger partial charge >= 0.3 is 5.97 Å². The van der Waals surface area contributed by atoms with Crippen LogP contribution in [-0.4, -0.2) is 17.9 Å². The molecule has 0 rings (SSSR count). The average molecular weight is 252 g/mol. The van der Waals surface area contributed by atoms with Gasteiger partial charge in [-0.3, -0.25) is 4.79 Å². The fourth-order valence-electron chi connectivity index (χ4n) is 1.90. The first-order valence-corrected chi connectivity index (χ1v) is 6.46. The van der Waals surface area contributed by atoms with Crippen molar-refractivity contribution in [2.24, 2.45) is 11.8 Å². The summed E-state index contributed by atoms with van der Waals surface area (Å²) < 4.78 is 4.96. The summed E-state index contributed by atoms with van der Waals surface area (Å²) in [5.41, 5.74) is 0. The van der Waals surface area contributed by atoms with Crippen molar-refractivity contribution >= 4 is 11.8 Å². The number of allylic oxidation sites excluding steroid dienone is 2. The largest absolute Gasteiger partial charge is 0.457 e. The van der Waals surface area contributed by atoms with Crippen molar-refractivity contribution < 1.29 is 14.3 Å². The highest BCUT2D eigenvalue weighted by atomic mass is 16.5. The molecular formula is C15H24O3. The topological polar surface area (TPSA) is 43.4 Å². The standard InChI is InChI=1S/C15H24O3/c1-6-9-12(8-3)13(10-7-2)14(16)15(17)18-11(4)5/h7-8,11-13H,2-3,6,9-10H2,1,4-5H3/t12-,13-/m1/s1. The Morgan fingerprint density at radius 3 is 2.28 bits per heavy atom. The molecule has 3 nitrogen and oxygen atoms in total. The summed E-state index contributed by atoms with van der Waals surface area (Å²) in [7, 11) is 0. The second kappa shape index (κ2) is 8.67. The smallest absolute Gasteiger partial charge is 0.375 e. The Balaban J connectivity index is 4.85. The number of rotatable bonds is 9. The van der Waals surface area contributed by atoms with E-state index in [-0.39, 0.29) is 12.0 Å². The van der Waals surface area contributed by atoms with Crippen molar-refractivity contribution in [3.8, 4) is 0 Å². The van der Waals surface area contributed by atoms with Crippen LogP contribution in [0.2, 0.25) is 0 Å². The molecule has 0 saturated carbocycles. The predicted molar refractivity (Wildman–Crippen MR) is 73.1 cm³/mol. The van der Waals surface area contributed by atoms with Gasteiger partial charge in [-0.05, 0) is 32.6 Å². The quantitative estimate of drug-likeness (QED) is 0.359. The molecule has 0 N–H and O–H groups in total. The van der Waals surface area contributed by atoms with Gasteiger partial charge < -0.3 is 4.74 Å². The number of hydrogen-bond donors (Lipinski definition) is 0. The van der Waals surface area contributed by atoms with Gasteiger partial charge in [-0.1, -0.05) is 25.5 Å². The van der Waals surface area contributed by atoms with Gasteiger partial charge in [-0.2, -0.15) is 0 Å². The van der Waals surface area contributed by atoms with Crippen LogP contribution >= 0.6 is 0 Å². The lowest BCUT2D eigenvalue weighted by molar-refractivity contribution is -0.159. The molecule has 0 aliphatic heterocycles. The third-order valence-corrected chi connectivity index (χ3v) is 2.74. The summed E-state index contributed by atoms with van der Waals surface area (Å²) in [4.78, 5) is 23.7. The summed E-state index contributed by atoms with van der Waals surface area (Å²) >= 11 is 0. The molecule has 0 aliphatic rings. The summed E-state index contributed by atoms with van der Waals surface area (Å²) in [5.74, 6) is -1.62. The second-order valence-electron chi connectivity index (χ2n) is 4.64. The van der Waals surface area contributed by atoms with Gasteiger partial charge in [0, 0.05) is 5.92 Å². The van der Waals surface area contributed by atoms with E-state index in [9.17, 15) is 9.59 Å². The van der Waals surface area contributed by atoms with Crippen LogP contribution in [0, 0.1) is 11.8 Å². The third-order valence-electron chi connectivity index (χ3n) is 2.74. The van der Waals surface area contributed by atoms with E-state index in [1.54, 1.807) is 26.0 Å². The lowest BCUT2D eigenvalue weighted by Gasteiger charge is -2.21. The Morgan fingerprint density at radius 1 is 1.28 bits per heavy atom. The molecule has 0 radical (unpaired) electrons. The van der Waals surface area contributed by atoms with E-state index >= 15 is 0 Å². The zero-order valence-corrected chi connectivity index (χ0v) is 11.6. The highest BCUT2D eigenvalue weighted by Crippen LogP contribution is 2.24. The van der Waals surface area contributed by atoms with Crippen molar-refractivity contribution in [1.82, 2.24) is 0 Å². The van der Waals surface area contributed by atoms with E-state index < -0.39 is 17.7 Å². The Hall–Kier alpha value is -1.38. The van der Waals surface area contributed by atoms with Gasteiger partial charge in [0.2, 0.25) is 5.78 Å². The maximum Gasteiger partial charge on any atom is 0.375 e. The first-order chi connectivity index (χ1) is 8.47. The molecule has 0 fully saturated rings. The van der Waals surface area contributed by atoms with Gasteiger partial charge in [0.05, 0.1) is 6.10 Å². The highest BCUT2D eigenvalue weighted by Gasteiger charge is 2.31. The molecule has 0 amide bonds. The Labute approximate surface area is 110 Å². The van der Waals surface area contributed by atoms with Crippen molar-refractivity contribution in [1.29, 1.82) is 0 Å². The van der Waals surface area contributed by atoms with Gasteiger partial charge in [-0.25, -0.2) is 4.79 Å². The normalized spacial score (nSPS) is 13.8. The summed E-state index contributed by atoms with van der Waals surface area (Å²) in [6.45, 7) is 12.9. The van der Waals surface area contributed by atoms with E-state index in [1.807, 2.05) is 6.92 Å². The molecule has 0 unspecified atom stereocenters. The van der Waals surface area contributed by atoms with Crippen molar-refractivity contribution in [2.75, 3.05) is 0 Å². The van der Waals surface area contributed by atoms with Crippen LogP contribution in [0.5, 0.6) is 0 Å². The minimum Gasteiger partial charge on any atom is -0.457 e. The van der Waals surface area contributed by atoms with Crippen LogP contribution in [0.1, 0.15) is 40.0 Å². The molecule has 0 bridgehead atoms. The maximum absolute atomic E-state index is 12.1. The molecular weight excluding hydrogens is 228 g/mol. The Kier molecular flexibility index (Phi) is 8.01. The van der Waals surface area contributed by atoms with Crippen LogP contribution in [0.15, 0.2) is 25.3 Å². The third kappa shape index (κ3) is 5.30. The lowest BCUT2D eigenvalue weighted by Crippen LogP contribution is -2.31. The van der Waals surface area contributed by atoms with Gasteiger partial charge in [0.25, 0.3) is 0 Å². The van der Waals surface area contributed by atoms with E-state index in [0.29, 0.717) is 6.42 Å². The number of carbonyl (C=O) groups excluding carboxylic acids is 2. The number of hydrogen-bond acceptors (Lipinski definition) is 3. The first-order valence-electron chi connectivity index (χ1n) is 6.46. The van der Waals surface area contributed by atoms with Gasteiger partial charge in [-0.15, -0.1) is 13.2 Å². The predicted octanol–water partition coefficient (Wildman–Crippen LogP) is 3.30. The minimum atomic E-state index is -0.750. The monoisotopic (exact) mass is 252 g/mol. The number of carbonyl (C=O) groups is 2. The SMILES string of the molecule is C=CC[C@@H](C(=O)C(=O)OC(C)C)[C@H](C=C)CCC. The fraction of sp³-hybridized carbons (Fsp3) is 0.600. The lowest BCUT2D eigenvalue weighted by atomic mass is 9.83. The fourth-order valence-corrected chi connectivity index (χ4v) is 1.90. The van der Waals surface area contributed by atoms with Crippen LogP contribution in [-0.2, 0) is 14.3 Å². The Morgan fingerprint density at radius 2 is 1.89 bits per heavy atom. The summed E-state index contributed by atoms with van der Waals surface area (Å²) in [6, 6.07) is 0. The van der Waals surface area contributed by atoms with Gasteiger partial charge in [0.1, 0.15) is 0 Å². The van der Waals surface area contributed by atoms with Crippen molar-refractivity contribution in [2.45, 2.75) is 46.1 Å². The average Bonchev–Trinajstić information content (AvgIpc) is 2.31. The van der Waals surface area contributed by atoms with E-state index in [2.05, 4.69) is 13.2 Å². The summed E-state index contributed by atoms with van der Waals surface area (Å²) in [5, 5.41) is 0. The molecule has 0 spiro atoms. The first kappa shape index (κ1) is 16.6. The van der Waals surface area contributed by atoms with E-state index in [4.69, 9.17) is 4.74 Å². The number of esters is 1. The second-order valence-corrected chi connectivity index (χ2v) is 4.64. The molecule has 0 aromatic rings. The van der Waals surface area contributed by atoms with Crippen LogP contribution < -0.4 is 0 Å².